The standard InChI is InChI=1S/C16H14ClN5O2S2/c1-9-14(24)20-16(22-21-9)25-8-13(23)19-15-18-7-12(26-15)6-10-2-4-11(17)5-3-10/h2-5,7H,6,8H2,1H3,(H,18,19,23)(H,20,22,24). The van der Waals surface area contributed by atoms with Gasteiger partial charge in [0.1, 0.15) is 5.69 Å². The number of aromatic amines is 1. The predicted octanol–water partition coefficient (Wildman–Crippen LogP) is 2.90. The topological polar surface area (TPSA) is 101 Å². The van der Waals surface area contributed by atoms with E-state index in [2.05, 4.69) is 25.5 Å². The number of anilines is 1. The summed E-state index contributed by atoms with van der Waals surface area (Å²) in [6, 6.07) is 7.60. The van der Waals surface area contributed by atoms with Crippen LogP contribution < -0.4 is 10.9 Å². The number of nitrogens with one attached hydrogen (secondary N) is 2. The summed E-state index contributed by atoms with van der Waals surface area (Å²) in [6.07, 6.45) is 2.46. The van der Waals surface area contributed by atoms with E-state index >= 15 is 0 Å². The Morgan fingerprint density at radius 1 is 1.31 bits per heavy atom. The van der Waals surface area contributed by atoms with Gasteiger partial charge < -0.3 is 5.32 Å². The number of thioether (sulfide) groups is 1. The second kappa shape index (κ2) is 8.43. The highest BCUT2D eigenvalue weighted by Gasteiger charge is 2.09. The smallest absolute Gasteiger partial charge is 0.273 e. The molecule has 0 radical (unpaired) electrons. The Kier molecular flexibility index (Phi) is 6.02. The van der Waals surface area contributed by atoms with Crippen LogP contribution in [0, 0.1) is 6.92 Å². The van der Waals surface area contributed by atoms with Crippen LogP contribution in [0.25, 0.3) is 0 Å². The van der Waals surface area contributed by atoms with Gasteiger partial charge in [-0.2, -0.15) is 0 Å². The van der Waals surface area contributed by atoms with Gasteiger partial charge in [0.25, 0.3) is 5.56 Å². The third-order valence-electron chi connectivity index (χ3n) is 3.27. The molecule has 0 unspecified atom stereocenters. The third-order valence-corrected chi connectivity index (χ3v) is 5.30. The van der Waals surface area contributed by atoms with E-state index in [0.29, 0.717) is 15.3 Å². The van der Waals surface area contributed by atoms with Crippen molar-refractivity contribution in [1.82, 2.24) is 20.2 Å². The Balaban J connectivity index is 1.53. The van der Waals surface area contributed by atoms with Crippen LogP contribution in [-0.4, -0.2) is 31.8 Å². The molecule has 0 aliphatic rings. The average molecular weight is 408 g/mol. The molecule has 1 aromatic carbocycles. The molecule has 3 rings (SSSR count). The molecule has 7 nitrogen and oxygen atoms in total. The van der Waals surface area contributed by atoms with Crippen molar-refractivity contribution in [3.8, 4) is 0 Å². The molecule has 3 aromatic rings. The van der Waals surface area contributed by atoms with E-state index in [0.717, 1.165) is 28.6 Å². The zero-order valence-corrected chi connectivity index (χ0v) is 16.0. The van der Waals surface area contributed by atoms with Crippen LogP contribution >= 0.6 is 34.7 Å². The first-order valence-electron chi connectivity index (χ1n) is 7.55. The molecule has 0 saturated heterocycles. The van der Waals surface area contributed by atoms with Crippen molar-refractivity contribution in [2.24, 2.45) is 0 Å². The van der Waals surface area contributed by atoms with E-state index < -0.39 is 0 Å². The minimum absolute atomic E-state index is 0.0970. The van der Waals surface area contributed by atoms with Gasteiger partial charge in [-0.15, -0.1) is 21.5 Å². The number of amides is 1. The van der Waals surface area contributed by atoms with Gasteiger partial charge in [0, 0.05) is 22.5 Å². The second-order valence-corrected chi connectivity index (χ2v) is 7.83. The summed E-state index contributed by atoms with van der Waals surface area (Å²) in [4.78, 5) is 31.3. The SMILES string of the molecule is Cc1nnc(SCC(=O)Nc2ncc(Cc3ccc(Cl)cc3)s2)[nH]c1=O. The summed E-state index contributed by atoms with van der Waals surface area (Å²) in [5.41, 5.74) is 1.10. The van der Waals surface area contributed by atoms with Crippen molar-refractivity contribution >= 4 is 45.7 Å². The normalized spacial score (nSPS) is 10.7. The van der Waals surface area contributed by atoms with Gasteiger partial charge in [0.05, 0.1) is 5.75 Å². The molecular formula is C16H14ClN5O2S2. The van der Waals surface area contributed by atoms with Crippen molar-refractivity contribution in [2.75, 3.05) is 11.1 Å². The Labute approximate surface area is 162 Å². The summed E-state index contributed by atoms with van der Waals surface area (Å²) in [7, 11) is 0. The number of halogens is 1. The first-order valence-corrected chi connectivity index (χ1v) is 9.73. The fraction of sp³-hybridized carbons (Fsp3) is 0.188. The number of aromatic nitrogens is 4. The minimum atomic E-state index is -0.310. The highest BCUT2D eigenvalue weighted by molar-refractivity contribution is 7.99. The van der Waals surface area contributed by atoms with Crippen LogP contribution in [0.1, 0.15) is 16.1 Å². The highest BCUT2D eigenvalue weighted by atomic mass is 35.5. The quantitative estimate of drug-likeness (QED) is 0.609. The van der Waals surface area contributed by atoms with Gasteiger partial charge in [0.2, 0.25) is 5.91 Å². The molecule has 10 heteroatoms. The van der Waals surface area contributed by atoms with E-state index in [-0.39, 0.29) is 22.9 Å². The van der Waals surface area contributed by atoms with Crippen LogP contribution in [0.2, 0.25) is 5.02 Å². The molecule has 1 amide bonds. The molecule has 0 aliphatic carbocycles. The summed E-state index contributed by atoms with van der Waals surface area (Å²) < 4.78 is 0. The van der Waals surface area contributed by atoms with Gasteiger partial charge in [-0.3, -0.25) is 14.6 Å². The number of thiazole rings is 1. The average Bonchev–Trinajstić information content (AvgIpc) is 3.05. The Morgan fingerprint density at radius 2 is 2.08 bits per heavy atom. The lowest BCUT2D eigenvalue weighted by Crippen LogP contribution is -2.17. The Bertz CT molecular complexity index is 971. The lowest BCUT2D eigenvalue weighted by atomic mass is 10.1. The van der Waals surface area contributed by atoms with Crippen molar-refractivity contribution in [1.29, 1.82) is 0 Å². The lowest BCUT2D eigenvalue weighted by Gasteiger charge is -2.01. The summed E-state index contributed by atoms with van der Waals surface area (Å²) in [5.74, 6) is -0.134. The number of rotatable bonds is 6. The number of H-pyrrole nitrogens is 1. The van der Waals surface area contributed by atoms with Crippen LogP contribution in [0.5, 0.6) is 0 Å². The maximum atomic E-state index is 12.0. The maximum Gasteiger partial charge on any atom is 0.273 e. The van der Waals surface area contributed by atoms with Gasteiger partial charge in [0.15, 0.2) is 10.3 Å². The largest absolute Gasteiger partial charge is 0.301 e. The summed E-state index contributed by atoms with van der Waals surface area (Å²) in [5, 5.41) is 11.8. The van der Waals surface area contributed by atoms with Gasteiger partial charge >= 0.3 is 0 Å². The summed E-state index contributed by atoms with van der Waals surface area (Å²) >= 11 is 8.40. The molecule has 0 aliphatic heterocycles. The molecule has 0 fully saturated rings. The van der Waals surface area contributed by atoms with E-state index in [1.54, 1.807) is 13.1 Å². The van der Waals surface area contributed by atoms with Crippen molar-refractivity contribution < 1.29 is 4.79 Å². The van der Waals surface area contributed by atoms with Crippen LogP contribution in [0.15, 0.2) is 40.4 Å². The van der Waals surface area contributed by atoms with Gasteiger partial charge in [-0.05, 0) is 24.6 Å². The number of carbonyl (C=O) groups is 1. The fourth-order valence-electron chi connectivity index (χ4n) is 1.98. The second-order valence-electron chi connectivity index (χ2n) is 5.32. The third kappa shape index (κ3) is 5.13. The number of nitrogens with zero attached hydrogens (tertiary/aromatic N) is 3. The number of hydrogen-bond acceptors (Lipinski definition) is 7. The molecule has 2 aromatic heterocycles. The van der Waals surface area contributed by atoms with Crippen LogP contribution in [-0.2, 0) is 11.2 Å². The van der Waals surface area contributed by atoms with Crippen molar-refractivity contribution in [3.05, 3.63) is 62.0 Å². The monoisotopic (exact) mass is 407 g/mol. The van der Waals surface area contributed by atoms with Crippen molar-refractivity contribution in [2.45, 2.75) is 18.5 Å². The van der Waals surface area contributed by atoms with Crippen LogP contribution in [0.3, 0.4) is 0 Å². The van der Waals surface area contributed by atoms with Gasteiger partial charge in [-0.1, -0.05) is 35.5 Å². The molecular weight excluding hydrogens is 394 g/mol. The molecule has 2 N–H and O–H groups in total. The predicted molar refractivity (Wildman–Crippen MR) is 103 cm³/mol. The molecule has 0 saturated carbocycles. The molecule has 0 atom stereocenters. The van der Waals surface area contributed by atoms with Crippen molar-refractivity contribution in [3.63, 3.8) is 0 Å². The molecule has 0 spiro atoms. The summed E-state index contributed by atoms with van der Waals surface area (Å²) in [6.45, 7) is 1.57. The fourth-order valence-corrected chi connectivity index (χ4v) is 3.58. The first kappa shape index (κ1) is 18.6. The number of benzene rings is 1. The number of hydrogen-bond donors (Lipinski definition) is 2. The van der Waals surface area contributed by atoms with E-state index in [4.69, 9.17) is 11.6 Å². The molecule has 0 bridgehead atoms. The minimum Gasteiger partial charge on any atom is -0.301 e. The number of aryl methyl sites for hydroxylation is 1. The Morgan fingerprint density at radius 3 is 2.81 bits per heavy atom. The van der Waals surface area contributed by atoms with E-state index in [1.165, 1.54) is 11.3 Å². The zero-order valence-electron chi connectivity index (χ0n) is 13.7. The zero-order chi connectivity index (χ0) is 18.5. The molecule has 134 valence electrons. The highest BCUT2D eigenvalue weighted by Crippen LogP contribution is 2.22. The molecule has 26 heavy (non-hydrogen) atoms. The Hall–Kier alpha value is -2.23. The molecule has 2 heterocycles. The van der Waals surface area contributed by atoms with E-state index in [9.17, 15) is 9.59 Å². The maximum absolute atomic E-state index is 12.0. The first-order chi connectivity index (χ1) is 12.5. The van der Waals surface area contributed by atoms with E-state index in [1.807, 2.05) is 24.3 Å². The van der Waals surface area contributed by atoms with Gasteiger partial charge in [-0.25, -0.2) is 4.98 Å². The lowest BCUT2D eigenvalue weighted by molar-refractivity contribution is -0.113. The number of carbonyl (C=O) groups excluding carboxylic acids is 1. The van der Waals surface area contributed by atoms with Crippen LogP contribution in [0.4, 0.5) is 5.13 Å².